The molecule has 0 amide bonds. The number of allylic oxidation sites excluding steroid dienone is 1. The Balaban J connectivity index is 3.93. The first kappa shape index (κ1) is 9.56. The van der Waals surface area contributed by atoms with Crippen molar-refractivity contribution in [2.75, 3.05) is 0 Å². The summed E-state index contributed by atoms with van der Waals surface area (Å²) in [6.45, 7) is 3.02. The Morgan fingerprint density at radius 1 is 1.70 bits per heavy atom. The van der Waals surface area contributed by atoms with Crippen molar-refractivity contribution in [1.82, 2.24) is 0 Å². The van der Waals surface area contributed by atoms with Crippen LogP contribution in [0.5, 0.6) is 0 Å². The molecule has 0 aromatic heterocycles. The minimum Gasteiger partial charge on any atom is -0.320 e. The topological polar surface area (TPSA) is 26.0 Å². The van der Waals surface area contributed by atoms with Crippen LogP contribution in [0.3, 0.4) is 0 Å². The Bertz CT molecular complexity index is 121. The highest BCUT2D eigenvalue weighted by molar-refractivity contribution is 5.02. The van der Waals surface area contributed by atoms with Crippen molar-refractivity contribution >= 4 is 0 Å². The van der Waals surface area contributed by atoms with Crippen molar-refractivity contribution in [3.05, 3.63) is 11.9 Å². The molecule has 0 saturated heterocycles. The number of halogens is 2. The summed E-state index contributed by atoms with van der Waals surface area (Å²) in [6.07, 6.45) is 0.523. The van der Waals surface area contributed by atoms with Gasteiger partial charge in [-0.15, -0.1) is 0 Å². The highest BCUT2D eigenvalue weighted by Gasteiger charge is 2.15. The fourth-order valence-electron chi connectivity index (χ4n) is 0.550. The molecule has 0 aliphatic carbocycles. The summed E-state index contributed by atoms with van der Waals surface area (Å²) in [5, 5.41) is 0. The van der Waals surface area contributed by atoms with E-state index in [1.807, 2.05) is 0 Å². The molecule has 0 aliphatic heterocycles. The van der Waals surface area contributed by atoms with Gasteiger partial charge in [0.1, 0.15) is 12.0 Å². The normalized spacial score (nSPS) is 18.7. The summed E-state index contributed by atoms with van der Waals surface area (Å²) in [7, 11) is 0. The molecule has 0 aliphatic rings. The molecule has 2 N–H and O–H groups in total. The Morgan fingerprint density at radius 3 is 2.50 bits per heavy atom. The van der Waals surface area contributed by atoms with Gasteiger partial charge in [-0.2, -0.15) is 0 Å². The molecular formula is C7H13F2N. The average Bonchev–Trinajstić information content (AvgIpc) is 1.87. The second-order valence-corrected chi connectivity index (χ2v) is 2.20. The zero-order chi connectivity index (χ0) is 8.15. The molecule has 0 saturated carbocycles. The average molecular weight is 149 g/mol. The van der Waals surface area contributed by atoms with Crippen LogP contribution in [0, 0.1) is 0 Å². The van der Waals surface area contributed by atoms with Crippen LogP contribution >= 0.6 is 0 Å². The molecule has 2 unspecified atom stereocenters. The largest absolute Gasteiger partial charge is 0.320 e. The molecule has 0 aromatic carbocycles. The second-order valence-electron chi connectivity index (χ2n) is 2.20. The number of alkyl halides is 1. The molecule has 2 atom stereocenters. The summed E-state index contributed by atoms with van der Waals surface area (Å²) < 4.78 is 24.8. The Morgan fingerprint density at radius 2 is 2.20 bits per heavy atom. The molecule has 1 nitrogen and oxygen atoms in total. The van der Waals surface area contributed by atoms with Crippen molar-refractivity contribution in [2.24, 2.45) is 5.73 Å². The van der Waals surface area contributed by atoms with E-state index in [4.69, 9.17) is 5.73 Å². The van der Waals surface area contributed by atoms with Crippen LogP contribution in [-0.2, 0) is 0 Å². The first-order valence-electron chi connectivity index (χ1n) is 3.34. The molecule has 60 valence electrons. The van der Waals surface area contributed by atoms with Crippen molar-refractivity contribution in [3.8, 4) is 0 Å². The molecule has 0 rings (SSSR count). The highest BCUT2D eigenvalue weighted by atomic mass is 19.1. The molecule has 0 bridgehead atoms. The van der Waals surface area contributed by atoms with Crippen molar-refractivity contribution in [2.45, 2.75) is 32.5 Å². The minimum absolute atomic E-state index is 0.548. The van der Waals surface area contributed by atoms with Crippen LogP contribution in [0.1, 0.15) is 20.3 Å². The summed E-state index contributed by atoms with van der Waals surface area (Å²) in [4.78, 5) is 0. The van der Waals surface area contributed by atoms with Crippen molar-refractivity contribution in [3.63, 3.8) is 0 Å². The van der Waals surface area contributed by atoms with E-state index in [9.17, 15) is 8.78 Å². The first-order chi connectivity index (χ1) is 4.59. The summed E-state index contributed by atoms with van der Waals surface area (Å²) in [5.74, 6) is -0.558. The van der Waals surface area contributed by atoms with Gasteiger partial charge >= 0.3 is 0 Å². The van der Waals surface area contributed by atoms with E-state index >= 15 is 0 Å². The predicted octanol–water partition coefficient (Wildman–Crippen LogP) is 1.94. The number of nitrogens with two attached hydrogens (primary N) is 1. The van der Waals surface area contributed by atoms with E-state index in [1.54, 1.807) is 6.92 Å². The van der Waals surface area contributed by atoms with Gasteiger partial charge in [0.25, 0.3) is 0 Å². The number of hydrogen-bond acceptors (Lipinski definition) is 1. The minimum atomic E-state index is -1.32. The first-order valence-corrected chi connectivity index (χ1v) is 3.34. The van der Waals surface area contributed by atoms with Gasteiger partial charge in [-0.1, -0.05) is 13.0 Å². The van der Waals surface area contributed by atoms with E-state index in [1.165, 1.54) is 13.0 Å². The summed E-state index contributed by atoms with van der Waals surface area (Å²) >= 11 is 0. The van der Waals surface area contributed by atoms with Crippen molar-refractivity contribution in [1.29, 1.82) is 0 Å². The van der Waals surface area contributed by atoms with E-state index in [0.717, 1.165) is 0 Å². The van der Waals surface area contributed by atoms with Gasteiger partial charge < -0.3 is 5.73 Å². The molecule has 0 heterocycles. The maximum atomic E-state index is 12.5. The standard InChI is InChI=1S/C7H13F2N/c1-3-4-6(9)7(10)5(2)8/h4-5,7H,3,10H2,1-2H3/b6-4+. The van der Waals surface area contributed by atoms with Gasteiger partial charge in [-0.25, -0.2) is 8.78 Å². The third-order valence-corrected chi connectivity index (χ3v) is 1.21. The van der Waals surface area contributed by atoms with E-state index < -0.39 is 18.0 Å². The lowest BCUT2D eigenvalue weighted by Crippen LogP contribution is -2.30. The quantitative estimate of drug-likeness (QED) is 0.652. The molecular weight excluding hydrogens is 136 g/mol. The van der Waals surface area contributed by atoms with Crippen LogP contribution in [0.4, 0.5) is 8.78 Å². The Hall–Kier alpha value is -0.440. The predicted molar refractivity (Wildman–Crippen MR) is 38.0 cm³/mol. The Labute approximate surface area is 59.9 Å². The molecule has 0 aromatic rings. The van der Waals surface area contributed by atoms with E-state index in [0.29, 0.717) is 6.42 Å². The summed E-state index contributed by atoms with van der Waals surface area (Å²) in [6, 6.07) is -1.08. The van der Waals surface area contributed by atoms with Crippen LogP contribution in [-0.4, -0.2) is 12.2 Å². The maximum Gasteiger partial charge on any atom is 0.119 e. The molecule has 0 spiro atoms. The fraction of sp³-hybridized carbons (Fsp3) is 0.714. The lowest BCUT2D eigenvalue weighted by Gasteiger charge is -2.09. The molecule has 0 fully saturated rings. The van der Waals surface area contributed by atoms with Gasteiger partial charge in [0.2, 0.25) is 0 Å². The van der Waals surface area contributed by atoms with Crippen LogP contribution < -0.4 is 5.73 Å². The van der Waals surface area contributed by atoms with Crippen LogP contribution in [0.25, 0.3) is 0 Å². The fourth-order valence-corrected chi connectivity index (χ4v) is 0.550. The van der Waals surface area contributed by atoms with Gasteiger partial charge in [0.15, 0.2) is 0 Å². The smallest absolute Gasteiger partial charge is 0.119 e. The number of hydrogen-bond donors (Lipinski definition) is 1. The molecule has 3 heteroatoms. The van der Waals surface area contributed by atoms with Gasteiger partial charge in [-0.05, 0) is 13.3 Å². The monoisotopic (exact) mass is 149 g/mol. The third-order valence-electron chi connectivity index (χ3n) is 1.21. The van der Waals surface area contributed by atoms with Crippen molar-refractivity contribution < 1.29 is 8.78 Å². The van der Waals surface area contributed by atoms with Gasteiger partial charge in [-0.3, -0.25) is 0 Å². The van der Waals surface area contributed by atoms with Gasteiger partial charge in [0.05, 0.1) is 6.04 Å². The molecule has 0 radical (unpaired) electrons. The lowest BCUT2D eigenvalue weighted by molar-refractivity contribution is 0.302. The zero-order valence-electron chi connectivity index (χ0n) is 6.27. The number of rotatable bonds is 3. The zero-order valence-corrected chi connectivity index (χ0v) is 6.27. The SMILES string of the molecule is CC/C=C(/F)C(N)C(C)F. The maximum absolute atomic E-state index is 12.5. The van der Waals surface area contributed by atoms with E-state index in [2.05, 4.69) is 0 Å². The van der Waals surface area contributed by atoms with Gasteiger partial charge in [0, 0.05) is 0 Å². The molecule has 10 heavy (non-hydrogen) atoms. The third kappa shape index (κ3) is 2.92. The summed E-state index contributed by atoms with van der Waals surface area (Å²) in [5.41, 5.74) is 5.13. The van der Waals surface area contributed by atoms with Crippen LogP contribution in [0.2, 0.25) is 0 Å². The van der Waals surface area contributed by atoms with E-state index in [-0.39, 0.29) is 0 Å². The van der Waals surface area contributed by atoms with Crippen LogP contribution in [0.15, 0.2) is 11.9 Å². The Kier molecular flexibility index (Phi) is 4.19. The second kappa shape index (κ2) is 4.39. The highest BCUT2D eigenvalue weighted by Crippen LogP contribution is 2.08. The lowest BCUT2D eigenvalue weighted by atomic mass is 10.2.